The molecule has 0 aromatic heterocycles. The summed E-state index contributed by atoms with van der Waals surface area (Å²) in [6.45, 7) is 11.7. The first-order chi connectivity index (χ1) is 8.19. The van der Waals surface area contributed by atoms with Gasteiger partial charge in [-0.05, 0) is 32.5 Å². The standard InChI is InChI=1S/C13H28N4/c1-3-16-5-4-12(10-16)13(14)11-17-8-6-15(2)7-9-17/h12-13H,3-11,14H2,1-2H3. The van der Waals surface area contributed by atoms with Gasteiger partial charge in [-0.15, -0.1) is 0 Å². The summed E-state index contributed by atoms with van der Waals surface area (Å²) in [4.78, 5) is 7.46. The number of nitrogens with two attached hydrogens (primary N) is 1. The van der Waals surface area contributed by atoms with Crippen LogP contribution in [0, 0.1) is 5.92 Å². The molecule has 2 aliphatic rings. The van der Waals surface area contributed by atoms with E-state index in [1.807, 2.05) is 0 Å². The van der Waals surface area contributed by atoms with Crippen LogP contribution in [0.4, 0.5) is 0 Å². The summed E-state index contributed by atoms with van der Waals surface area (Å²) < 4.78 is 0. The molecule has 0 aromatic carbocycles. The van der Waals surface area contributed by atoms with Gasteiger partial charge in [0.2, 0.25) is 0 Å². The van der Waals surface area contributed by atoms with E-state index in [0.717, 1.165) is 12.5 Å². The van der Waals surface area contributed by atoms with Crippen LogP contribution in [-0.4, -0.2) is 80.1 Å². The molecule has 2 unspecified atom stereocenters. The van der Waals surface area contributed by atoms with Crippen LogP contribution >= 0.6 is 0 Å². The van der Waals surface area contributed by atoms with Crippen molar-refractivity contribution in [2.45, 2.75) is 19.4 Å². The van der Waals surface area contributed by atoms with Gasteiger partial charge in [-0.2, -0.15) is 0 Å². The van der Waals surface area contributed by atoms with Gasteiger partial charge in [-0.25, -0.2) is 0 Å². The summed E-state index contributed by atoms with van der Waals surface area (Å²) in [6, 6.07) is 0.370. The summed E-state index contributed by atoms with van der Waals surface area (Å²) in [5.74, 6) is 0.717. The summed E-state index contributed by atoms with van der Waals surface area (Å²) in [6.07, 6.45) is 1.29. The highest BCUT2D eigenvalue weighted by atomic mass is 15.3. The molecule has 4 nitrogen and oxygen atoms in total. The summed E-state index contributed by atoms with van der Waals surface area (Å²) in [5, 5.41) is 0. The molecule has 0 spiro atoms. The second-order valence-corrected chi connectivity index (χ2v) is 5.71. The molecular formula is C13H28N4. The largest absolute Gasteiger partial charge is 0.326 e. The molecule has 100 valence electrons. The molecule has 0 amide bonds. The van der Waals surface area contributed by atoms with Crippen molar-refractivity contribution < 1.29 is 0 Å². The highest BCUT2D eigenvalue weighted by molar-refractivity contribution is 4.85. The molecule has 0 aliphatic carbocycles. The fourth-order valence-electron chi connectivity index (χ4n) is 2.98. The number of likely N-dealkylation sites (N-methyl/N-ethyl adjacent to an activating group) is 1. The van der Waals surface area contributed by atoms with E-state index >= 15 is 0 Å². The van der Waals surface area contributed by atoms with Gasteiger partial charge in [0.1, 0.15) is 0 Å². The molecule has 0 aromatic rings. The first-order valence-electron chi connectivity index (χ1n) is 7.08. The van der Waals surface area contributed by atoms with Gasteiger partial charge in [0.15, 0.2) is 0 Å². The Labute approximate surface area is 106 Å². The molecule has 0 bridgehead atoms. The second-order valence-electron chi connectivity index (χ2n) is 5.71. The van der Waals surface area contributed by atoms with Crippen LogP contribution in [0.3, 0.4) is 0 Å². The van der Waals surface area contributed by atoms with Crippen LogP contribution in [-0.2, 0) is 0 Å². The second kappa shape index (κ2) is 6.14. The Morgan fingerprint density at radius 1 is 1.12 bits per heavy atom. The number of nitrogens with zero attached hydrogens (tertiary/aromatic N) is 3. The minimum atomic E-state index is 0.370. The molecule has 0 saturated carbocycles. The minimum Gasteiger partial charge on any atom is -0.326 e. The number of piperazine rings is 1. The molecule has 2 heterocycles. The fraction of sp³-hybridized carbons (Fsp3) is 1.00. The molecule has 2 saturated heterocycles. The molecule has 2 N–H and O–H groups in total. The van der Waals surface area contributed by atoms with Crippen molar-refractivity contribution in [1.82, 2.24) is 14.7 Å². The molecule has 4 heteroatoms. The lowest BCUT2D eigenvalue weighted by molar-refractivity contribution is 0.138. The first kappa shape index (κ1) is 13.3. The maximum Gasteiger partial charge on any atom is 0.0209 e. The smallest absolute Gasteiger partial charge is 0.0209 e. The van der Waals surface area contributed by atoms with Gasteiger partial charge in [0, 0.05) is 45.3 Å². The summed E-state index contributed by atoms with van der Waals surface area (Å²) >= 11 is 0. The van der Waals surface area contributed by atoms with Gasteiger partial charge in [0.25, 0.3) is 0 Å². The van der Waals surface area contributed by atoms with Crippen molar-refractivity contribution >= 4 is 0 Å². The van der Waals surface area contributed by atoms with Crippen LogP contribution in [0.1, 0.15) is 13.3 Å². The average molecular weight is 240 g/mol. The Balaban J connectivity index is 1.72. The Bertz CT molecular complexity index is 225. The van der Waals surface area contributed by atoms with Crippen molar-refractivity contribution in [1.29, 1.82) is 0 Å². The minimum absolute atomic E-state index is 0.370. The van der Waals surface area contributed by atoms with Crippen molar-refractivity contribution in [2.75, 3.05) is 59.4 Å². The number of rotatable bonds is 4. The van der Waals surface area contributed by atoms with E-state index in [1.54, 1.807) is 0 Å². The van der Waals surface area contributed by atoms with Crippen molar-refractivity contribution in [3.63, 3.8) is 0 Å². The highest BCUT2D eigenvalue weighted by Crippen LogP contribution is 2.19. The Kier molecular flexibility index (Phi) is 4.79. The molecule has 2 rings (SSSR count). The highest BCUT2D eigenvalue weighted by Gasteiger charge is 2.28. The predicted octanol–water partition coefficient (Wildman–Crippen LogP) is -0.0971. The molecular weight excluding hydrogens is 212 g/mol. The zero-order valence-electron chi connectivity index (χ0n) is 11.4. The van der Waals surface area contributed by atoms with Crippen LogP contribution in [0.15, 0.2) is 0 Å². The van der Waals surface area contributed by atoms with Crippen LogP contribution in [0.2, 0.25) is 0 Å². The van der Waals surface area contributed by atoms with Crippen molar-refractivity contribution in [3.8, 4) is 0 Å². The Hall–Kier alpha value is -0.160. The summed E-state index contributed by atoms with van der Waals surface area (Å²) in [7, 11) is 2.20. The normalized spacial score (nSPS) is 30.9. The zero-order valence-corrected chi connectivity index (χ0v) is 11.4. The van der Waals surface area contributed by atoms with E-state index in [1.165, 1.54) is 52.2 Å². The van der Waals surface area contributed by atoms with Gasteiger partial charge in [0.05, 0.1) is 0 Å². The maximum atomic E-state index is 6.38. The van der Waals surface area contributed by atoms with Crippen molar-refractivity contribution in [3.05, 3.63) is 0 Å². The predicted molar refractivity (Wildman–Crippen MR) is 72.1 cm³/mol. The van der Waals surface area contributed by atoms with Gasteiger partial charge in [-0.3, -0.25) is 4.90 Å². The maximum absolute atomic E-state index is 6.38. The van der Waals surface area contributed by atoms with E-state index in [0.29, 0.717) is 6.04 Å². The molecule has 17 heavy (non-hydrogen) atoms. The Morgan fingerprint density at radius 3 is 2.41 bits per heavy atom. The quantitative estimate of drug-likeness (QED) is 0.744. The molecule has 2 fully saturated rings. The third-order valence-corrected chi connectivity index (χ3v) is 4.43. The topological polar surface area (TPSA) is 35.7 Å². The van der Waals surface area contributed by atoms with Gasteiger partial charge >= 0.3 is 0 Å². The third-order valence-electron chi connectivity index (χ3n) is 4.43. The van der Waals surface area contributed by atoms with E-state index in [2.05, 4.69) is 28.7 Å². The molecule has 2 atom stereocenters. The third kappa shape index (κ3) is 3.65. The molecule has 0 radical (unpaired) electrons. The average Bonchev–Trinajstić information content (AvgIpc) is 2.81. The van der Waals surface area contributed by atoms with Crippen molar-refractivity contribution in [2.24, 2.45) is 11.7 Å². The zero-order chi connectivity index (χ0) is 12.3. The van der Waals surface area contributed by atoms with Crippen LogP contribution in [0.5, 0.6) is 0 Å². The van der Waals surface area contributed by atoms with E-state index in [9.17, 15) is 0 Å². The van der Waals surface area contributed by atoms with Crippen LogP contribution in [0.25, 0.3) is 0 Å². The van der Waals surface area contributed by atoms with Gasteiger partial charge in [-0.1, -0.05) is 6.92 Å². The van der Waals surface area contributed by atoms with E-state index in [4.69, 9.17) is 5.73 Å². The number of hydrogen-bond donors (Lipinski definition) is 1. The lowest BCUT2D eigenvalue weighted by Gasteiger charge is -2.35. The SMILES string of the molecule is CCN1CCC(C(N)CN2CCN(C)CC2)C1. The monoisotopic (exact) mass is 240 g/mol. The molecule has 2 aliphatic heterocycles. The Morgan fingerprint density at radius 2 is 1.82 bits per heavy atom. The van der Waals surface area contributed by atoms with E-state index in [-0.39, 0.29) is 0 Å². The van der Waals surface area contributed by atoms with E-state index < -0.39 is 0 Å². The number of likely N-dealkylation sites (tertiary alicyclic amines) is 1. The summed E-state index contributed by atoms with van der Waals surface area (Å²) in [5.41, 5.74) is 6.38. The lowest BCUT2D eigenvalue weighted by Crippen LogP contribution is -2.50. The first-order valence-corrected chi connectivity index (χ1v) is 7.08. The number of hydrogen-bond acceptors (Lipinski definition) is 4. The fourth-order valence-corrected chi connectivity index (χ4v) is 2.98. The lowest BCUT2D eigenvalue weighted by atomic mass is 9.99. The van der Waals surface area contributed by atoms with Crippen LogP contribution < -0.4 is 5.73 Å². The van der Waals surface area contributed by atoms with Gasteiger partial charge < -0.3 is 15.5 Å².